The van der Waals surface area contributed by atoms with Gasteiger partial charge in [-0.1, -0.05) is 72.1 Å². The van der Waals surface area contributed by atoms with Gasteiger partial charge in [-0.05, 0) is 91.6 Å². The number of Topliss-reactive ketones (excluding diaryl/α,β-unsaturated/α-hetero) is 1. The van der Waals surface area contributed by atoms with Crippen LogP contribution in [0.15, 0.2) is 30.3 Å². The Balaban J connectivity index is 1.34. The molecule has 6 rings (SSSR count). The standard InChI is InChI=1S/C33H46N2O/c1-21(2)10-9-11-22(3)25-14-15-26-24-20-28-30-31(35(34-28)23-12-7-6-8-13-23)29(36)17-19-33(30,5)27(24)16-18-32(25,26)4/h6-8,12-13,21-22,24-27H,9-11,14-20H2,1-5H3. The first-order valence-corrected chi connectivity index (χ1v) is 14.9. The number of carbonyl (C=O) groups is 1. The zero-order valence-corrected chi connectivity index (χ0v) is 23.2. The van der Waals surface area contributed by atoms with E-state index in [0.29, 0.717) is 29.5 Å². The summed E-state index contributed by atoms with van der Waals surface area (Å²) in [4.78, 5) is 13.3. The van der Waals surface area contributed by atoms with E-state index in [1.54, 1.807) is 0 Å². The Morgan fingerprint density at radius 3 is 2.53 bits per heavy atom. The first-order chi connectivity index (χ1) is 17.2. The summed E-state index contributed by atoms with van der Waals surface area (Å²) in [6, 6.07) is 10.4. The van der Waals surface area contributed by atoms with Crippen molar-refractivity contribution in [1.29, 1.82) is 0 Å². The van der Waals surface area contributed by atoms with E-state index in [1.165, 1.54) is 56.2 Å². The van der Waals surface area contributed by atoms with Gasteiger partial charge in [-0.3, -0.25) is 4.79 Å². The molecule has 0 aliphatic heterocycles. The number of aromatic nitrogens is 2. The molecule has 0 spiro atoms. The fraction of sp³-hybridized carbons (Fsp3) is 0.697. The van der Waals surface area contributed by atoms with E-state index in [0.717, 1.165) is 47.9 Å². The lowest BCUT2D eigenvalue weighted by molar-refractivity contribution is -0.0379. The average molecular weight is 487 g/mol. The lowest BCUT2D eigenvalue weighted by Gasteiger charge is -2.57. The zero-order valence-electron chi connectivity index (χ0n) is 23.2. The van der Waals surface area contributed by atoms with Gasteiger partial charge in [-0.15, -0.1) is 0 Å². The summed E-state index contributed by atoms with van der Waals surface area (Å²) in [6.07, 6.45) is 12.4. The predicted octanol–water partition coefficient (Wildman–Crippen LogP) is 8.18. The van der Waals surface area contributed by atoms with Crippen LogP contribution in [0.2, 0.25) is 0 Å². The van der Waals surface area contributed by atoms with Crippen LogP contribution in [0.25, 0.3) is 5.69 Å². The van der Waals surface area contributed by atoms with Crippen LogP contribution in [0.5, 0.6) is 0 Å². The third kappa shape index (κ3) is 3.58. The van der Waals surface area contributed by atoms with Crippen molar-refractivity contribution in [2.75, 3.05) is 0 Å². The maximum atomic E-state index is 13.3. The Labute approximate surface area is 218 Å². The maximum Gasteiger partial charge on any atom is 0.181 e. The molecule has 0 bridgehead atoms. The number of carbonyl (C=O) groups excluding carboxylic acids is 1. The van der Waals surface area contributed by atoms with Crippen molar-refractivity contribution in [3.8, 4) is 5.69 Å². The highest BCUT2D eigenvalue weighted by molar-refractivity contribution is 5.98. The van der Waals surface area contributed by atoms with Crippen molar-refractivity contribution in [3.63, 3.8) is 0 Å². The molecule has 4 aliphatic rings. The second kappa shape index (κ2) is 8.84. The molecular weight excluding hydrogens is 440 g/mol. The summed E-state index contributed by atoms with van der Waals surface area (Å²) < 4.78 is 2.01. The highest BCUT2D eigenvalue weighted by Gasteiger charge is 2.61. The number of rotatable bonds is 6. The molecule has 7 unspecified atom stereocenters. The minimum atomic E-state index is 0.0941. The minimum absolute atomic E-state index is 0.0941. The number of fused-ring (bicyclic) bond motifs is 4. The van der Waals surface area contributed by atoms with Gasteiger partial charge in [0.15, 0.2) is 5.78 Å². The molecule has 0 saturated heterocycles. The van der Waals surface area contributed by atoms with Gasteiger partial charge in [0.05, 0.1) is 11.4 Å². The highest BCUT2D eigenvalue weighted by atomic mass is 16.1. The molecule has 1 aromatic carbocycles. The van der Waals surface area contributed by atoms with Gasteiger partial charge in [-0.25, -0.2) is 4.68 Å². The molecule has 194 valence electrons. The lowest BCUT2D eigenvalue weighted by atomic mass is 9.47. The molecular formula is C33H46N2O. The molecule has 36 heavy (non-hydrogen) atoms. The highest BCUT2D eigenvalue weighted by Crippen LogP contribution is 2.66. The molecule has 0 radical (unpaired) electrons. The first-order valence-electron chi connectivity index (χ1n) is 14.9. The topological polar surface area (TPSA) is 34.9 Å². The molecule has 7 atom stereocenters. The third-order valence-electron chi connectivity index (χ3n) is 11.6. The fourth-order valence-corrected chi connectivity index (χ4v) is 9.82. The quantitative estimate of drug-likeness (QED) is 0.412. The Hall–Kier alpha value is -1.90. The average Bonchev–Trinajstić information content (AvgIpc) is 3.41. The summed E-state index contributed by atoms with van der Waals surface area (Å²) in [6.45, 7) is 12.5. The second-order valence-electron chi connectivity index (χ2n) is 13.9. The van der Waals surface area contributed by atoms with E-state index >= 15 is 0 Å². The van der Waals surface area contributed by atoms with Crippen LogP contribution < -0.4 is 0 Å². The Bertz CT molecular complexity index is 1130. The summed E-state index contributed by atoms with van der Waals surface area (Å²) in [5.41, 5.74) is 5.06. The number of ketones is 1. The Kier molecular flexibility index (Phi) is 6.00. The van der Waals surface area contributed by atoms with Crippen molar-refractivity contribution in [3.05, 3.63) is 47.3 Å². The van der Waals surface area contributed by atoms with Gasteiger partial charge in [-0.2, -0.15) is 5.10 Å². The summed E-state index contributed by atoms with van der Waals surface area (Å²) >= 11 is 0. The molecule has 0 amide bonds. The van der Waals surface area contributed by atoms with E-state index < -0.39 is 0 Å². The summed E-state index contributed by atoms with van der Waals surface area (Å²) in [5.74, 6) is 5.03. The molecule has 2 fully saturated rings. The molecule has 1 heterocycles. The van der Waals surface area contributed by atoms with E-state index in [-0.39, 0.29) is 5.41 Å². The first kappa shape index (κ1) is 24.4. The molecule has 0 N–H and O–H groups in total. The number of para-hydroxylation sites is 1. The number of hydrogen-bond donors (Lipinski definition) is 0. The number of hydrogen-bond acceptors (Lipinski definition) is 2. The molecule has 4 aliphatic carbocycles. The SMILES string of the molecule is CC(C)CCCC(C)C1CCC2C3Cc4nn(-c5ccccc5)c5c4C(C)(CCC5=O)C3CCC12C. The van der Waals surface area contributed by atoms with Crippen molar-refractivity contribution in [1.82, 2.24) is 9.78 Å². The van der Waals surface area contributed by atoms with Crippen LogP contribution in [0.4, 0.5) is 0 Å². The normalized spacial score (nSPS) is 35.9. The van der Waals surface area contributed by atoms with Crippen LogP contribution in [0, 0.1) is 40.9 Å². The fourth-order valence-electron chi connectivity index (χ4n) is 9.82. The van der Waals surface area contributed by atoms with E-state index in [1.807, 2.05) is 10.7 Å². The Morgan fingerprint density at radius 1 is 1.00 bits per heavy atom. The molecule has 3 heteroatoms. The molecule has 2 saturated carbocycles. The lowest BCUT2D eigenvalue weighted by Crippen LogP contribution is -2.53. The van der Waals surface area contributed by atoms with E-state index in [9.17, 15) is 4.79 Å². The largest absolute Gasteiger partial charge is 0.292 e. The van der Waals surface area contributed by atoms with Crippen LogP contribution in [0.3, 0.4) is 0 Å². The second-order valence-corrected chi connectivity index (χ2v) is 13.9. The van der Waals surface area contributed by atoms with Gasteiger partial charge >= 0.3 is 0 Å². The number of nitrogens with zero attached hydrogens (tertiary/aromatic N) is 2. The number of benzene rings is 1. The van der Waals surface area contributed by atoms with Crippen molar-refractivity contribution >= 4 is 5.78 Å². The van der Waals surface area contributed by atoms with Gasteiger partial charge < -0.3 is 0 Å². The summed E-state index contributed by atoms with van der Waals surface area (Å²) in [5, 5.41) is 5.21. The van der Waals surface area contributed by atoms with Crippen molar-refractivity contribution < 1.29 is 4.79 Å². The van der Waals surface area contributed by atoms with E-state index in [4.69, 9.17) is 5.10 Å². The molecule has 1 aromatic heterocycles. The van der Waals surface area contributed by atoms with Crippen LogP contribution in [0.1, 0.15) is 114 Å². The monoisotopic (exact) mass is 486 g/mol. The van der Waals surface area contributed by atoms with Crippen LogP contribution in [-0.2, 0) is 11.8 Å². The Morgan fingerprint density at radius 2 is 1.78 bits per heavy atom. The minimum Gasteiger partial charge on any atom is -0.292 e. The zero-order chi connectivity index (χ0) is 25.2. The maximum absolute atomic E-state index is 13.3. The van der Waals surface area contributed by atoms with Gasteiger partial charge in [0.2, 0.25) is 0 Å². The summed E-state index contributed by atoms with van der Waals surface area (Å²) in [7, 11) is 0. The van der Waals surface area contributed by atoms with Crippen molar-refractivity contribution in [2.24, 2.45) is 40.9 Å². The van der Waals surface area contributed by atoms with Gasteiger partial charge in [0, 0.05) is 17.4 Å². The molecule has 2 aromatic rings. The predicted molar refractivity (Wildman–Crippen MR) is 147 cm³/mol. The smallest absolute Gasteiger partial charge is 0.181 e. The van der Waals surface area contributed by atoms with Gasteiger partial charge in [0.25, 0.3) is 0 Å². The third-order valence-corrected chi connectivity index (χ3v) is 11.6. The molecule has 3 nitrogen and oxygen atoms in total. The van der Waals surface area contributed by atoms with Crippen LogP contribution >= 0.6 is 0 Å². The van der Waals surface area contributed by atoms with E-state index in [2.05, 4.69) is 58.9 Å². The van der Waals surface area contributed by atoms with Crippen LogP contribution in [-0.4, -0.2) is 15.6 Å². The van der Waals surface area contributed by atoms with Gasteiger partial charge in [0.1, 0.15) is 5.69 Å². The van der Waals surface area contributed by atoms with Crippen molar-refractivity contribution in [2.45, 2.75) is 104 Å².